The van der Waals surface area contributed by atoms with Crippen LogP contribution in [-0.2, 0) is 17.6 Å². The maximum Gasteiger partial charge on any atom is 0.227 e. The van der Waals surface area contributed by atoms with Gasteiger partial charge in [-0.15, -0.1) is 0 Å². The second-order valence-electron chi connectivity index (χ2n) is 5.62. The fourth-order valence-electron chi connectivity index (χ4n) is 2.37. The number of nitrogens with one attached hydrogen (secondary N) is 1. The first-order chi connectivity index (χ1) is 12.1. The van der Waals surface area contributed by atoms with Crippen LogP contribution >= 0.6 is 11.6 Å². The van der Waals surface area contributed by atoms with E-state index in [1.807, 2.05) is 36.4 Å². The van der Waals surface area contributed by atoms with E-state index in [9.17, 15) is 4.79 Å². The molecule has 0 fully saturated rings. The molecule has 6 heteroatoms. The molecule has 0 saturated heterocycles. The van der Waals surface area contributed by atoms with Crippen molar-refractivity contribution in [1.29, 1.82) is 0 Å². The average molecular weight is 356 g/mol. The molecule has 0 radical (unpaired) electrons. The SMILES string of the molecule is CCc1ccc(NC(=O)CCc2nc(-c3cccc(Cl)c3)no2)cc1. The highest BCUT2D eigenvalue weighted by Gasteiger charge is 2.11. The molecule has 128 valence electrons. The summed E-state index contributed by atoms with van der Waals surface area (Å²) in [4.78, 5) is 16.4. The molecule has 3 rings (SSSR count). The number of amides is 1. The number of carbonyl (C=O) groups is 1. The molecule has 1 heterocycles. The van der Waals surface area contributed by atoms with E-state index < -0.39 is 0 Å². The zero-order chi connectivity index (χ0) is 17.6. The summed E-state index contributed by atoms with van der Waals surface area (Å²) in [6.07, 6.45) is 1.62. The number of hydrogen-bond donors (Lipinski definition) is 1. The van der Waals surface area contributed by atoms with Crippen LogP contribution < -0.4 is 5.32 Å². The molecular weight excluding hydrogens is 338 g/mol. The van der Waals surface area contributed by atoms with Crippen LogP contribution in [0.25, 0.3) is 11.4 Å². The molecular formula is C19H18ClN3O2. The van der Waals surface area contributed by atoms with E-state index >= 15 is 0 Å². The van der Waals surface area contributed by atoms with Crippen LogP contribution in [0.3, 0.4) is 0 Å². The summed E-state index contributed by atoms with van der Waals surface area (Å²) < 4.78 is 5.21. The average Bonchev–Trinajstić information content (AvgIpc) is 3.10. The third-order valence-electron chi connectivity index (χ3n) is 3.76. The Kier molecular flexibility index (Phi) is 5.46. The highest BCUT2D eigenvalue weighted by atomic mass is 35.5. The predicted molar refractivity (Wildman–Crippen MR) is 97.5 cm³/mol. The standard InChI is InChI=1S/C19H18ClN3O2/c1-2-13-6-8-16(9-7-13)21-17(24)10-11-18-22-19(23-25-18)14-4-3-5-15(20)12-14/h3-9,12H,2,10-11H2,1H3,(H,21,24). The molecule has 0 aliphatic rings. The van der Waals surface area contributed by atoms with Crippen molar-refractivity contribution in [3.05, 3.63) is 65.0 Å². The molecule has 1 N–H and O–H groups in total. The highest BCUT2D eigenvalue weighted by Crippen LogP contribution is 2.20. The Labute approximate surface area is 151 Å². The predicted octanol–water partition coefficient (Wildman–Crippen LogP) is 4.52. The Morgan fingerprint density at radius 2 is 2.00 bits per heavy atom. The van der Waals surface area contributed by atoms with Gasteiger partial charge in [0.05, 0.1) is 0 Å². The van der Waals surface area contributed by atoms with Crippen LogP contribution in [-0.4, -0.2) is 16.0 Å². The molecule has 25 heavy (non-hydrogen) atoms. The van der Waals surface area contributed by atoms with Gasteiger partial charge in [-0.2, -0.15) is 4.98 Å². The molecule has 0 aliphatic carbocycles. The molecule has 0 atom stereocenters. The van der Waals surface area contributed by atoms with Gasteiger partial charge in [-0.3, -0.25) is 4.79 Å². The summed E-state index contributed by atoms with van der Waals surface area (Å²) in [6.45, 7) is 2.09. The van der Waals surface area contributed by atoms with Gasteiger partial charge in [-0.05, 0) is 36.2 Å². The Bertz CT molecular complexity index is 859. The summed E-state index contributed by atoms with van der Waals surface area (Å²) in [6, 6.07) is 15.0. The number of benzene rings is 2. The Hall–Kier alpha value is -2.66. The minimum absolute atomic E-state index is 0.0910. The summed E-state index contributed by atoms with van der Waals surface area (Å²) in [7, 11) is 0. The maximum absolute atomic E-state index is 12.0. The van der Waals surface area contributed by atoms with Crippen LogP contribution in [0, 0.1) is 0 Å². The van der Waals surface area contributed by atoms with Gasteiger partial charge in [-0.25, -0.2) is 0 Å². The van der Waals surface area contributed by atoms with Crippen molar-refractivity contribution in [3.8, 4) is 11.4 Å². The lowest BCUT2D eigenvalue weighted by atomic mass is 10.1. The van der Waals surface area contributed by atoms with Crippen molar-refractivity contribution in [2.24, 2.45) is 0 Å². The smallest absolute Gasteiger partial charge is 0.227 e. The topological polar surface area (TPSA) is 68.0 Å². The monoisotopic (exact) mass is 355 g/mol. The lowest BCUT2D eigenvalue weighted by molar-refractivity contribution is -0.116. The van der Waals surface area contributed by atoms with Crippen LogP contribution in [0.1, 0.15) is 24.8 Å². The summed E-state index contributed by atoms with van der Waals surface area (Å²) in [5, 5.41) is 7.40. The van der Waals surface area contributed by atoms with Gasteiger partial charge in [0.25, 0.3) is 0 Å². The van der Waals surface area contributed by atoms with Gasteiger partial charge in [0, 0.05) is 29.1 Å². The number of aryl methyl sites for hydroxylation is 2. The van der Waals surface area contributed by atoms with Crippen molar-refractivity contribution in [2.75, 3.05) is 5.32 Å². The van der Waals surface area contributed by atoms with Crippen molar-refractivity contribution in [1.82, 2.24) is 10.1 Å². The first-order valence-electron chi connectivity index (χ1n) is 8.11. The fraction of sp³-hybridized carbons (Fsp3) is 0.211. The molecule has 0 spiro atoms. The summed E-state index contributed by atoms with van der Waals surface area (Å²) in [5.41, 5.74) is 2.80. The minimum Gasteiger partial charge on any atom is -0.339 e. The zero-order valence-electron chi connectivity index (χ0n) is 13.8. The largest absolute Gasteiger partial charge is 0.339 e. The fourth-order valence-corrected chi connectivity index (χ4v) is 2.56. The van der Waals surface area contributed by atoms with E-state index in [2.05, 4.69) is 22.4 Å². The molecule has 0 aliphatic heterocycles. The molecule has 1 aromatic heterocycles. The molecule has 5 nitrogen and oxygen atoms in total. The minimum atomic E-state index is -0.0910. The number of anilines is 1. The summed E-state index contributed by atoms with van der Waals surface area (Å²) >= 11 is 5.96. The van der Waals surface area contributed by atoms with E-state index in [0.717, 1.165) is 17.7 Å². The molecule has 0 saturated carbocycles. The number of aromatic nitrogens is 2. The van der Waals surface area contributed by atoms with Gasteiger partial charge in [-0.1, -0.05) is 47.9 Å². The van der Waals surface area contributed by atoms with Gasteiger partial charge >= 0.3 is 0 Å². The first-order valence-corrected chi connectivity index (χ1v) is 8.49. The first kappa shape index (κ1) is 17.2. The van der Waals surface area contributed by atoms with Gasteiger partial charge < -0.3 is 9.84 Å². The normalized spacial score (nSPS) is 10.6. The number of carbonyl (C=O) groups excluding carboxylic acids is 1. The van der Waals surface area contributed by atoms with E-state index in [1.165, 1.54) is 5.56 Å². The summed E-state index contributed by atoms with van der Waals surface area (Å²) in [5.74, 6) is 0.797. The van der Waals surface area contributed by atoms with Gasteiger partial charge in [0.1, 0.15) is 0 Å². The number of halogens is 1. The Morgan fingerprint density at radius 3 is 2.72 bits per heavy atom. The lowest BCUT2D eigenvalue weighted by Gasteiger charge is -2.05. The van der Waals surface area contributed by atoms with E-state index in [4.69, 9.17) is 16.1 Å². The zero-order valence-corrected chi connectivity index (χ0v) is 14.6. The van der Waals surface area contributed by atoms with E-state index in [0.29, 0.717) is 23.2 Å². The molecule has 3 aromatic rings. The molecule has 1 amide bonds. The lowest BCUT2D eigenvalue weighted by Crippen LogP contribution is -2.12. The van der Waals surface area contributed by atoms with Gasteiger partial charge in [0.15, 0.2) is 0 Å². The number of nitrogens with zero attached hydrogens (tertiary/aromatic N) is 2. The highest BCUT2D eigenvalue weighted by molar-refractivity contribution is 6.30. The second kappa shape index (κ2) is 7.94. The van der Waals surface area contributed by atoms with Crippen molar-refractivity contribution >= 4 is 23.2 Å². The number of rotatable bonds is 6. The molecule has 2 aromatic carbocycles. The second-order valence-corrected chi connectivity index (χ2v) is 6.06. The van der Waals surface area contributed by atoms with Crippen LogP contribution in [0.4, 0.5) is 5.69 Å². The van der Waals surface area contributed by atoms with Crippen molar-refractivity contribution < 1.29 is 9.32 Å². The quantitative estimate of drug-likeness (QED) is 0.705. The van der Waals surface area contributed by atoms with Crippen LogP contribution in [0.2, 0.25) is 5.02 Å². The molecule has 0 unspecified atom stereocenters. The van der Waals surface area contributed by atoms with Gasteiger partial charge in [0.2, 0.25) is 17.6 Å². The van der Waals surface area contributed by atoms with Crippen LogP contribution in [0.5, 0.6) is 0 Å². The molecule has 0 bridgehead atoms. The Morgan fingerprint density at radius 1 is 1.20 bits per heavy atom. The number of hydrogen-bond acceptors (Lipinski definition) is 4. The van der Waals surface area contributed by atoms with Crippen molar-refractivity contribution in [2.45, 2.75) is 26.2 Å². The van der Waals surface area contributed by atoms with E-state index in [-0.39, 0.29) is 12.3 Å². The Balaban J connectivity index is 1.55. The third kappa shape index (κ3) is 4.67. The van der Waals surface area contributed by atoms with E-state index in [1.54, 1.807) is 12.1 Å². The third-order valence-corrected chi connectivity index (χ3v) is 4.00. The van der Waals surface area contributed by atoms with Crippen LogP contribution in [0.15, 0.2) is 53.1 Å². The maximum atomic E-state index is 12.0. The van der Waals surface area contributed by atoms with Crippen molar-refractivity contribution in [3.63, 3.8) is 0 Å².